The number of amides is 1. The predicted octanol–water partition coefficient (Wildman–Crippen LogP) is 4.78. The lowest BCUT2D eigenvalue weighted by Crippen LogP contribution is -2.41. The summed E-state index contributed by atoms with van der Waals surface area (Å²) in [6, 6.07) is 10.5. The molecule has 2 heterocycles. The minimum Gasteiger partial charge on any atom is -0.355 e. The SMILES string of the molecule is Cc1ccc(NC(=O)C2CCN(S(=O)(=O)c3c(C)noc3/C=C/c3ccc(F)cc3F)CC2)cc1. The molecule has 184 valence electrons. The first kappa shape index (κ1) is 24.7. The maximum absolute atomic E-state index is 13.9. The summed E-state index contributed by atoms with van der Waals surface area (Å²) in [5.41, 5.74) is 2.03. The summed E-state index contributed by atoms with van der Waals surface area (Å²) in [6.45, 7) is 3.79. The summed E-state index contributed by atoms with van der Waals surface area (Å²) in [5.74, 6) is -2.00. The lowest BCUT2D eigenvalue weighted by molar-refractivity contribution is -0.120. The fourth-order valence-corrected chi connectivity index (χ4v) is 5.69. The van der Waals surface area contributed by atoms with E-state index in [0.29, 0.717) is 18.5 Å². The molecule has 0 bridgehead atoms. The first-order chi connectivity index (χ1) is 16.6. The standard InChI is InChI=1S/C25H25F2N3O4S/c1-16-3-8-21(9-4-16)28-25(31)19-11-13-30(14-12-19)35(32,33)24-17(2)29-34-23(24)10-6-18-5-7-20(26)15-22(18)27/h3-10,15,19H,11-14H2,1-2H3,(H,28,31)/b10-6+. The molecule has 1 aliphatic rings. The maximum Gasteiger partial charge on any atom is 0.248 e. The molecule has 7 nitrogen and oxygen atoms in total. The second-order valence-corrected chi connectivity index (χ2v) is 10.4. The highest BCUT2D eigenvalue weighted by molar-refractivity contribution is 7.89. The van der Waals surface area contributed by atoms with E-state index in [-0.39, 0.29) is 46.8 Å². The third-order valence-corrected chi connectivity index (χ3v) is 8.01. The Balaban J connectivity index is 1.46. The number of nitrogens with one attached hydrogen (secondary N) is 1. The Kier molecular flexibility index (Phi) is 7.13. The van der Waals surface area contributed by atoms with Crippen molar-refractivity contribution in [2.24, 2.45) is 5.92 Å². The zero-order valence-electron chi connectivity index (χ0n) is 19.3. The van der Waals surface area contributed by atoms with Gasteiger partial charge in [-0.05, 0) is 63.1 Å². The molecule has 0 radical (unpaired) electrons. The second kappa shape index (κ2) is 10.1. The highest BCUT2D eigenvalue weighted by Crippen LogP contribution is 2.30. The minimum atomic E-state index is -3.97. The van der Waals surface area contributed by atoms with Gasteiger partial charge in [-0.25, -0.2) is 17.2 Å². The van der Waals surface area contributed by atoms with E-state index in [1.807, 2.05) is 31.2 Å². The highest BCUT2D eigenvalue weighted by atomic mass is 32.2. The van der Waals surface area contributed by atoms with Gasteiger partial charge < -0.3 is 9.84 Å². The molecule has 0 unspecified atom stereocenters. The van der Waals surface area contributed by atoms with Gasteiger partial charge in [0.25, 0.3) is 0 Å². The van der Waals surface area contributed by atoms with Gasteiger partial charge in [-0.15, -0.1) is 0 Å². The van der Waals surface area contributed by atoms with Gasteiger partial charge in [-0.1, -0.05) is 22.9 Å². The largest absolute Gasteiger partial charge is 0.355 e. The average molecular weight is 502 g/mol. The number of aryl methyl sites for hydroxylation is 2. The van der Waals surface area contributed by atoms with Gasteiger partial charge in [0.15, 0.2) is 10.7 Å². The van der Waals surface area contributed by atoms with E-state index in [9.17, 15) is 22.0 Å². The van der Waals surface area contributed by atoms with Crippen LogP contribution in [-0.2, 0) is 14.8 Å². The molecule has 1 aromatic heterocycles. The van der Waals surface area contributed by atoms with E-state index in [0.717, 1.165) is 17.7 Å². The van der Waals surface area contributed by atoms with Crippen LogP contribution in [0.4, 0.5) is 14.5 Å². The van der Waals surface area contributed by atoms with Crippen molar-refractivity contribution in [2.45, 2.75) is 31.6 Å². The number of hydrogen-bond acceptors (Lipinski definition) is 5. The molecule has 4 rings (SSSR count). The van der Waals surface area contributed by atoms with Crippen molar-refractivity contribution >= 4 is 33.8 Å². The van der Waals surface area contributed by atoms with Crippen molar-refractivity contribution in [3.05, 3.63) is 76.7 Å². The molecule has 1 N–H and O–H groups in total. The Morgan fingerprint density at radius 2 is 1.77 bits per heavy atom. The smallest absolute Gasteiger partial charge is 0.248 e. The van der Waals surface area contributed by atoms with E-state index in [1.165, 1.54) is 29.4 Å². The van der Waals surface area contributed by atoms with Crippen LogP contribution in [-0.4, -0.2) is 36.9 Å². The average Bonchev–Trinajstić information content (AvgIpc) is 3.21. The van der Waals surface area contributed by atoms with Gasteiger partial charge in [0.1, 0.15) is 17.3 Å². The summed E-state index contributed by atoms with van der Waals surface area (Å²) in [5, 5.41) is 6.66. The third kappa shape index (κ3) is 5.49. The van der Waals surface area contributed by atoms with Crippen molar-refractivity contribution in [3.8, 4) is 0 Å². The molecular weight excluding hydrogens is 476 g/mol. The van der Waals surface area contributed by atoms with Crippen molar-refractivity contribution in [1.82, 2.24) is 9.46 Å². The number of sulfonamides is 1. The minimum absolute atomic E-state index is 0.0505. The molecule has 1 fully saturated rings. The van der Waals surface area contributed by atoms with Crippen LogP contribution in [0.5, 0.6) is 0 Å². The number of carbonyl (C=O) groups is 1. The summed E-state index contributed by atoms with van der Waals surface area (Å²) in [4.78, 5) is 12.5. The van der Waals surface area contributed by atoms with Crippen LogP contribution in [0.2, 0.25) is 0 Å². The Morgan fingerprint density at radius 3 is 2.43 bits per heavy atom. The number of anilines is 1. The molecule has 1 saturated heterocycles. The molecule has 35 heavy (non-hydrogen) atoms. The molecule has 2 aromatic carbocycles. The zero-order chi connectivity index (χ0) is 25.2. The molecule has 1 amide bonds. The van der Waals surface area contributed by atoms with Crippen molar-refractivity contribution < 1.29 is 26.5 Å². The monoisotopic (exact) mass is 501 g/mol. The fourth-order valence-electron chi connectivity index (χ4n) is 3.97. The fraction of sp³-hybridized carbons (Fsp3) is 0.280. The lowest BCUT2D eigenvalue weighted by atomic mass is 9.97. The molecule has 3 aromatic rings. The van der Waals surface area contributed by atoms with E-state index in [1.54, 1.807) is 0 Å². The molecule has 0 atom stereocenters. The normalized spacial score (nSPS) is 15.5. The number of piperidine rings is 1. The Labute approximate surface area is 202 Å². The van der Waals surface area contributed by atoms with Crippen LogP contribution in [0.3, 0.4) is 0 Å². The number of benzene rings is 2. The van der Waals surface area contributed by atoms with Crippen LogP contribution in [0.15, 0.2) is 51.9 Å². The van der Waals surface area contributed by atoms with Crippen LogP contribution < -0.4 is 5.32 Å². The van der Waals surface area contributed by atoms with Gasteiger partial charge in [0.2, 0.25) is 15.9 Å². The lowest BCUT2D eigenvalue weighted by Gasteiger charge is -2.30. The van der Waals surface area contributed by atoms with E-state index in [2.05, 4.69) is 10.5 Å². The van der Waals surface area contributed by atoms with E-state index >= 15 is 0 Å². The maximum atomic E-state index is 13.9. The number of carbonyl (C=O) groups excluding carboxylic acids is 1. The zero-order valence-corrected chi connectivity index (χ0v) is 20.1. The van der Waals surface area contributed by atoms with Crippen molar-refractivity contribution in [2.75, 3.05) is 18.4 Å². The van der Waals surface area contributed by atoms with E-state index in [4.69, 9.17) is 4.52 Å². The Bertz CT molecular complexity index is 1360. The summed E-state index contributed by atoms with van der Waals surface area (Å²) < 4.78 is 60.3. The third-order valence-electron chi connectivity index (χ3n) is 5.95. The molecule has 0 aliphatic carbocycles. The van der Waals surface area contributed by atoms with E-state index < -0.39 is 21.7 Å². The summed E-state index contributed by atoms with van der Waals surface area (Å²) in [7, 11) is -3.97. The second-order valence-electron chi connectivity index (χ2n) is 8.49. The van der Waals surface area contributed by atoms with Gasteiger partial charge in [0, 0.05) is 36.3 Å². The molecule has 10 heteroatoms. The molecule has 0 saturated carbocycles. The summed E-state index contributed by atoms with van der Waals surface area (Å²) in [6.07, 6.45) is 3.33. The van der Waals surface area contributed by atoms with Crippen LogP contribution in [0, 0.1) is 31.4 Å². The number of nitrogens with zero attached hydrogens (tertiary/aromatic N) is 2. The van der Waals surface area contributed by atoms with Crippen molar-refractivity contribution in [1.29, 1.82) is 0 Å². The van der Waals surface area contributed by atoms with Crippen molar-refractivity contribution in [3.63, 3.8) is 0 Å². The predicted molar refractivity (Wildman–Crippen MR) is 128 cm³/mol. The quantitative estimate of drug-likeness (QED) is 0.525. The van der Waals surface area contributed by atoms with Crippen LogP contribution in [0.1, 0.15) is 35.4 Å². The number of halogens is 2. The Morgan fingerprint density at radius 1 is 1.09 bits per heavy atom. The first-order valence-corrected chi connectivity index (χ1v) is 12.6. The Hall–Kier alpha value is -3.37. The molecular formula is C25H25F2N3O4S. The highest BCUT2D eigenvalue weighted by Gasteiger charge is 2.36. The number of hydrogen-bond donors (Lipinski definition) is 1. The number of aromatic nitrogens is 1. The van der Waals surface area contributed by atoms with Gasteiger partial charge in [0.05, 0.1) is 0 Å². The topological polar surface area (TPSA) is 92.5 Å². The van der Waals surface area contributed by atoms with Gasteiger partial charge in [-0.3, -0.25) is 4.79 Å². The molecule has 1 aliphatic heterocycles. The molecule has 0 spiro atoms. The summed E-state index contributed by atoms with van der Waals surface area (Å²) >= 11 is 0. The van der Waals surface area contributed by atoms with Crippen LogP contribution >= 0.6 is 0 Å². The van der Waals surface area contributed by atoms with Crippen LogP contribution in [0.25, 0.3) is 12.2 Å². The van der Waals surface area contributed by atoms with Gasteiger partial charge >= 0.3 is 0 Å². The number of rotatable bonds is 6. The first-order valence-electron chi connectivity index (χ1n) is 11.1. The van der Waals surface area contributed by atoms with Gasteiger partial charge in [-0.2, -0.15) is 4.31 Å².